The third-order valence-electron chi connectivity index (χ3n) is 3.40. The summed E-state index contributed by atoms with van der Waals surface area (Å²) in [5, 5.41) is 10.6. The minimum absolute atomic E-state index is 0.480. The number of benzene rings is 3. The second kappa shape index (κ2) is 5.17. The summed E-state index contributed by atoms with van der Waals surface area (Å²) in [6.45, 7) is 0. The summed E-state index contributed by atoms with van der Waals surface area (Å²) in [4.78, 5) is 0. The van der Waals surface area contributed by atoms with Crippen LogP contribution in [-0.4, -0.2) is 12.8 Å². The van der Waals surface area contributed by atoms with Gasteiger partial charge in [0.15, 0.2) is 0 Å². The number of ether oxygens (including phenoxy) is 1. The summed E-state index contributed by atoms with van der Waals surface area (Å²) in [5.41, 5.74) is 2.19. The average Bonchev–Trinajstić information content (AvgIpc) is 2.53. The Hall–Kier alpha value is -2.61. The largest absolute Gasteiger partial charge is 0.496 e. The maximum absolute atomic E-state index is 8.41. The van der Waals surface area contributed by atoms with E-state index >= 15 is 0 Å². The lowest BCUT2D eigenvalue weighted by Crippen LogP contribution is -2.04. The van der Waals surface area contributed by atoms with Gasteiger partial charge in [0.25, 0.3) is 0 Å². The van der Waals surface area contributed by atoms with Gasteiger partial charge in [-0.2, -0.15) is 0 Å². The molecule has 0 aliphatic rings. The van der Waals surface area contributed by atoms with E-state index in [1.807, 2.05) is 60.7 Å². The first-order valence-corrected chi connectivity index (χ1v) is 6.51. The number of rotatable bonds is 3. The Morgan fingerprint density at radius 2 is 1.45 bits per heavy atom. The van der Waals surface area contributed by atoms with E-state index in [1.165, 1.54) is 0 Å². The van der Waals surface area contributed by atoms with Crippen molar-refractivity contribution in [3.63, 3.8) is 0 Å². The number of fused-ring (bicyclic) bond motifs is 1. The van der Waals surface area contributed by atoms with Crippen molar-refractivity contribution in [2.24, 2.45) is 0 Å². The van der Waals surface area contributed by atoms with Gasteiger partial charge < -0.3 is 4.74 Å². The quantitative estimate of drug-likeness (QED) is 0.702. The minimum Gasteiger partial charge on any atom is -0.496 e. The van der Waals surface area contributed by atoms with Crippen LogP contribution in [0, 0.1) is 5.41 Å². The van der Waals surface area contributed by atoms with E-state index in [0.29, 0.717) is 5.71 Å². The lowest BCUT2D eigenvalue weighted by atomic mass is 9.98. The predicted molar refractivity (Wildman–Crippen MR) is 82.9 cm³/mol. The second-order valence-corrected chi connectivity index (χ2v) is 4.64. The van der Waals surface area contributed by atoms with E-state index in [9.17, 15) is 0 Å². The highest BCUT2D eigenvalue weighted by Gasteiger charge is 2.11. The molecule has 3 aromatic rings. The highest BCUT2D eigenvalue weighted by molar-refractivity contribution is 6.14. The molecule has 3 aromatic carbocycles. The van der Waals surface area contributed by atoms with Gasteiger partial charge in [0.2, 0.25) is 0 Å². The van der Waals surface area contributed by atoms with Gasteiger partial charge in [-0.25, -0.2) is 0 Å². The molecule has 1 N–H and O–H groups in total. The fraction of sp³-hybridized carbons (Fsp3) is 0.0556. The minimum atomic E-state index is 0.480. The molecule has 0 saturated heterocycles. The Labute approximate surface area is 118 Å². The van der Waals surface area contributed by atoms with Crippen LogP contribution >= 0.6 is 0 Å². The molecule has 0 aliphatic heterocycles. The number of hydrogen-bond acceptors (Lipinski definition) is 2. The molecule has 3 rings (SSSR count). The first-order chi connectivity index (χ1) is 9.79. The van der Waals surface area contributed by atoms with Crippen LogP contribution in [0.3, 0.4) is 0 Å². The fourth-order valence-electron chi connectivity index (χ4n) is 2.34. The fourth-order valence-corrected chi connectivity index (χ4v) is 2.34. The predicted octanol–water partition coefficient (Wildman–Crippen LogP) is 4.26. The maximum Gasteiger partial charge on any atom is 0.128 e. The molecule has 2 nitrogen and oxygen atoms in total. The Morgan fingerprint density at radius 3 is 2.10 bits per heavy atom. The van der Waals surface area contributed by atoms with Crippen molar-refractivity contribution >= 4 is 16.5 Å². The van der Waals surface area contributed by atoms with E-state index in [2.05, 4.69) is 6.07 Å². The summed E-state index contributed by atoms with van der Waals surface area (Å²) in [7, 11) is 1.64. The number of nitrogens with one attached hydrogen (secondary N) is 1. The van der Waals surface area contributed by atoms with Crippen LogP contribution in [0.2, 0.25) is 0 Å². The normalized spacial score (nSPS) is 10.4. The lowest BCUT2D eigenvalue weighted by molar-refractivity contribution is 0.414. The van der Waals surface area contributed by atoms with Crippen molar-refractivity contribution in [1.29, 1.82) is 5.41 Å². The highest BCUT2D eigenvalue weighted by atomic mass is 16.5. The van der Waals surface area contributed by atoms with Crippen LogP contribution in [0.25, 0.3) is 10.8 Å². The molecule has 0 heterocycles. The molecule has 0 saturated carbocycles. The number of hydrogen-bond donors (Lipinski definition) is 1. The van der Waals surface area contributed by atoms with Crippen molar-refractivity contribution in [2.45, 2.75) is 0 Å². The Bertz CT molecular complexity index is 763. The monoisotopic (exact) mass is 261 g/mol. The molecule has 20 heavy (non-hydrogen) atoms. The Balaban J connectivity index is 2.17. The zero-order valence-electron chi connectivity index (χ0n) is 11.3. The zero-order valence-corrected chi connectivity index (χ0v) is 11.3. The standard InChI is InChI=1S/C18H15NO/c1-20-17-12-15-10-6-5-9-14(15)11-16(17)18(19)13-7-3-2-4-8-13/h2-12,19H,1H3. The van der Waals surface area contributed by atoms with Crippen molar-refractivity contribution in [2.75, 3.05) is 7.11 Å². The van der Waals surface area contributed by atoms with Crippen LogP contribution in [0.15, 0.2) is 66.7 Å². The van der Waals surface area contributed by atoms with Crippen LogP contribution < -0.4 is 4.74 Å². The van der Waals surface area contributed by atoms with Gasteiger partial charge >= 0.3 is 0 Å². The topological polar surface area (TPSA) is 33.1 Å². The van der Waals surface area contributed by atoms with E-state index in [0.717, 1.165) is 27.6 Å². The average molecular weight is 261 g/mol. The zero-order chi connectivity index (χ0) is 13.9. The van der Waals surface area contributed by atoms with Gasteiger partial charge in [-0.05, 0) is 22.9 Å². The van der Waals surface area contributed by atoms with Crippen molar-refractivity contribution < 1.29 is 4.74 Å². The first kappa shape index (κ1) is 12.4. The molecule has 0 unspecified atom stereocenters. The molecule has 0 atom stereocenters. The van der Waals surface area contributed by atoms with Gasteiger partial charge in [0, 0.05) is 11.1 Å². The molecule has 0 spiro atoms. The summed E-state index contributed by atoms with van der Waals surface area (Å²) < 4.78 is 5.46. The molecule has 2 heteroatoms. The Kier molecular flexibility index (Phi) is 3.21. The highest BCUT2D eigenvalue weighted by Crippen LogP contribution is 2.27. The smallest absolute Gasteiger partial charge is 0.128 e. The molecule has 0 bridgehead atoms. The number of methoxy groups -OCH3 is 1. The maximum atomic E-state index is 8.41. The molecular weight excluding hydrogens is 246 g/mol. The summed E-state index contributed by atoms with van der Waals surface area (Å²) in [6, 6.07) is 21.8. The van der Waals surface area contributed by atoms with E-state index < -0.39 is 0 Å². The SMILES string of the molecule is COc1cc2ccccc2cc1C(=N)c1ccccc1. The van der Waals surface area contributed by atoms with Gasteiger partial charge in [-0.15, -0.1) is 0 Å². The second-order valence-electron chi connectivity index (χ2n) is 4.64. The molecule has 98 valence electrons. The molecule has 0 aromatic heterocycles. The first-order valence-electron chi connectivity index (χ1n) is 6.51. The van der Waals surface area contributed by atoms with E-state index in [1.54, 1.807) is 7.11 Å². The van der Waals surface area contributed by atoms with E-state index in [-0.39, 0.29) is 0 Å². The third kappa shape index (κ3) is 2.16. The van der Waals surface area contributed by atoms with Crippen molar-refractivity contribution in [3.8, 4) is 5.75 Å². The van der Waals surface area contributed by atoms with Crippen LogP contribution in [0.4, 0.5) is 0 Å². The summed E-state index contributed by atoms with van der Waals surface area (Å²) in [6.07, 6.45) is 0. The molecular formula is C18H15NO. The van der Waals surface area contributed by atoms with Crippen LogP contribution in [-0.2, 0) is 0 Å². The van der Waals surface area contributed by atoms with Gasteiger partial charge in [0.1, 0.15) is 5.75 Å². The lowest BCUT2D eigenvalue weighted by Gasteiger charge is -2.12. The summed E-state index contributed by atoms with van der Waals surface area (Å²) >= 11 is 0. The Morgan fingerprint density at radius 1 is 0.850 bits per heavy atom. The van der Waals surface area contributed by atoms with Crippen molar-refractivity contribution in [3.05, 3.63) is 77.9 Å². The van der Waals surface area contributed by atoms with Crippen LogP contribution in [0.1, 0.15) is 11.1 Å². The molecule has 0 fully saturated rings. The van der Waals surface area contributed by atoms with Gasteiger partial charge in [0.05, 0.1) is 12.8 Å². The van der Waals surface area contributed by atoms with Crippen LogP contribution in [0.5, 0.6) is 5.75 Å². The van der Waals surface area contributed by atoms with Gasteiger partial charge in [-0.1, -0.05) is 54.6 Å². The van der Waals surface area contributed by atoms with Gasteiger partial charge in [-0.3, -0.25) is 5.41 Å². The van der Waals surface area contributed by atoms with E-state index in [4.69, 9.17) is 10.1 Å². The molecule has 0 amide bonds. The molecule has 0 radical (unpaired) electrons. The third-order valence-corrected chi connectivity index (χ3v) is 3.40. The van der Waals surface area contributed by atoms with Crippen molar-refractivity contribution in [1.82, 2.24) is 0 Å². The summed E-state index contributed by atoms with van der Waals surface area (Å²) in [5.74, 6) is 0.734. The molecule has 0 aliphatic carbocycles.